The maximum absolute atomic E-state index is 12.8. The molecule has 0 aromatic heterocycles. The number of rotatable bonds is 8. The number of carbonyl (C=O) groups is 1. The van der Waals surface area contributed by atoms with Gasteiger partial charge < -0.3 is 10.1 Å². The summed E-state index contributed by atoms with van der Waals surface area (Å²) >= 11 is 5.99. The number of benzene rings is 2. The number of hydrogen-bond acceptors (Lipinski definition) is 4. The van der Waals surface area contributed by atoms with Crippen LogP contribution < -0.4 is 14.8 Å². The summed E-state index contributed by atoms with van der Waals surface area (Å²) in [5.74, 6) is -0.292. The lowest BCUT2D eigenvalue weighted by Crippen LogP contribution is -2.26. The Bertz CT molecular complexity index is 873. The summed E-state index contributed by atoms with van der Waals surface area (Å²) in [7, 11) is -2.39. The molecule has 0 saturated heterocycles. The lowest BCUT2D eigenvalue weighted by molar-refractivity contribution is 0.0951. The molecule has 0 atom stereocenters. The highest BCUT2D eigenvalue weighted by molar-refractivity contribution is 7.89. The number of sulfonamides is 1. The number of halogens is 2. The number of nitrogens with one attached hydrogen (secondary N) is 2. The SMILES string of the molecule is CNS(=O)(=O)c1ccc(Cl)c(C(=O)NCCCOc2ccc(F)cc2)c1. The molecule has 2 N–H and O–H groups in total. The highest BCUT2D eigenvalue weighted by Crippen LogP contribution is 2.20. The highest BCUT2D eigenvalue weighted by atomic mass is 35.5. The van der Waals surface area contributed by atoms with E-state index < -0.39 is 15.9 Å². The molecule has 2 aromatic carbocycles. The van der Waals surface area contributed by atoms with E-state index in [4.69, 9.17) is 16.3 Å². The van der Waals surface area contributed by atoms with Crippen LogP contribution in [0.25, 0.3) is 0 Å². The third-order valence-electron chi connectivity index (χ3n) is 3.45. The maximum atomic E-state index is 12.8. The lowest BCUT2D eigenvalue weighted by atomic mass is 10.2. The first-order valence-corrected chi connectivity index (χ1v) is 9.59. The molecule has 1 amide bonds. The summed E-state index contributed by atoms with van der Waals surface area (Å²) in [4.78, 5) is 12.2. The van der Waals surface area contributed by atoms with Crippen molar-refractivity contribution in [2.75, 3.05) is 20.2 Å². The average Bonchev–Trinajstić information content (AvgIpc) is 2.63. The molecule has 0 radical (unpaired) electrons. The Kier molecular flexibility index (Phi) is 6.96. The Hall–Kier alpha value is -2.16. The molecule has 0 bridgehead atoms. The van der Waals surface area contributed by atoms with Crippen LogP contribution in [0.4, 0.5) is 4.39 Å². The molecular formula is C17H18ClFN2O4S. The Morgan fingerprint density at radius 1 is 1.19 bits per heavy atom. The second-order valence-electron chi connectivity index (χ2n) is 5.26. The summed E-state index contributed by atoms with van der Waals surface area (Å²) in [6.07, 6.45) is 0.509. The van der Waals surface area contributed by atoms with Gasteiger partial charge >= 0.3 is 0 Å². The molecule has 0 aliphatic rings. The van der Waals surface area contributed by atoms with Crippen LogP contribution in [0.5, 0.6) is 5.75 Å². The van der Waals surface area contributed by atoms with Gasteiger partial charge in [0.2, 0.25) is 10.0 Å². The van der Waals surface area contributed by atoms with Crippen molar-refractivity contribution in [2.24, 2.45) is 0 Å². The van der Waals surface area contributed by atoms with Gasteiger partial charge in [-0.1, -0.05) is 11.6 Å². The van der Waals surface area contributed by atoms with Gasteiger partial charge in [-0.05, 0) is 55.9 Å². The van der Waals surface area contributed by atoms with Gasteiger partial charge in [-0.3, -0.25) is 4.79 Å². The predicted octanol–water partition coefficient (Wildman–Crippen LogP) is 2.59. The molecular weight excluding hydrogens is 383 g/mol. The minimum atomic E-state index is -3.67. The van der Waals surface area contributed by atoms with E-state index in [2.05, 4.69) is 10.0 Å². The number of hydrogen-bond donors (Lipinski definition) is 2. The molecule has 0 unspecified atom stereocenters. The van der Waals surface area contributed by atoms with Crippen molar-refractivity contribution in [3.8, 4) is 5.75 Å². The third kappa shape index (κ3) is 5.42. The van der Waals surface area contributed by atoms with Crippen LogP contribution in [0.1, 0.15) is 16.8 Å². The van der Waals surface area contributed by atoms with E-state index in [-0.39, 0.29) is 21.3 Å². The Balaban J connectivity index is 1.87. The van der Waals surface area contributed by atoms with Crippen molar-refractivity contribution in [2.45, 2.75) is 11.3 Å². The first-order chi connectivity index (χ1) is 12.3. The summed E-state index contributed by atoms with van der Waals surface area (Å²) in [6.45, 7) is 0.632. The molecule has 2 aromatic rings. The quantitative estimate of drug-likeness (QED) is 0.667. The monoisotopic (exact) mass is 400 g/mol. The van der Waals surface area contributed by atoms with Crippen molar-refractivity contribution in [3.05, 3.63) is 58.9 Å². The summed E-state index contributed by atoms with van der Waals surface area (Å²) in [6, 6.07) is 9.53. The molecule has 0 aliphatic heterocycles. The Labute approximate surface area is 156 Å². The van der Waals surface area contributed by atoms with E-state index in [0.717, 1.165) is 0 Å². The molecule has 0 spiro atoms. The molecule has 0 heterocycles. The molecule has 2 rings (SSSR count). The largest absolute Gasteiger partial charge is 0.494 e. The van der Waals surface area contributed by atoms with E-state index in [0.29, 0.717) is 25.3 Å². The van der Waals surface area contributed by atoms with Crippen molar-refractivity contribution >= 4 is 27.5 Å². The van der Waals surface area contributed by atoms with Crippen molar-refractivity contribution in [1.29, 1.82) is 0 Å². The summed E-state index contributed by atoms with van der Waals surface area (Å²) in [5, 5.41) is 2.81. The van der Waals surface area contributed by atoms with Crippen LogP contribution in [-0.2, 0) is 10.0 Å². The summed E-state index contributed by atoms with van der Waals surface area (Å²) < 4.78 is 44.0. The minimum absolute atomic E-state index is 0.0470. The smallest absolute Gasteiger partial charge is 0.252 e. The van der Waals surface area contributed by atoms with Crippen molar-refractivity contribution < 1.29 is 22.3 Å². The van der Waals surface area contributed by atoms with Crippen LogP contribution in [0.3, 0.4) is 0 Å². The van der Waals surface area contributed by atoms with Gasteiger partial charge in [0.25, 0.3) is 5.91 Å². The van der Waals surface area contributed by atoms with E-state index in [1.807, 2.05) is 0 Å². The highest BCUT2D eigenvalue weighted by Gasteiger charge is 2.17. The van der Waals surface area contributed by atoms with Gasteiger partial charge in [-0.2, -0.15) is 0 Å². The van der Waals surface area contributed by atoms with E-state index in [1.54, 1.807) is 0 Å². The van der Waals surface area contributed by atoms with Crippen LogP contribution in [0.15, 0.2) is 47.4 Å². The molecule has 0 fully saturated rings. The van der Waals surface area contributed by atoms with Gasteiger partial charge in [0.1, 0.15) is 11.6 Å². The third-order valence-corrected chi connectivity index (χ3v) is 5.19. The molecule has 6 nitrogen and oxygen atoms in total. The van der Waals surface area contributed by atoms with Gasteiger partial charge in [-0.25, -0.2) is 17.5 Å². The van der Waals surface area contributed by atoms with E-state index in [1.165, 1.54) is 49.5 Å². The fraction of sp³-hybridized carbons (Fsp3) is 0.235. The van der Waals surface area contributed by atoms with Gasteiger partial charge in [0.05, 0.1) is 22.1 Å². The standard InChI is InChI=1S/C17H18ClFN2O4S/c1-20-26(23,24)14-7-8-16(18)15(11-14)17(22)21-9-2-10-25-13-5-3-12(19)4-6-13/h3-8,11,20H,2,9-10H2,1H3,(H,21,22). The fourth-order valence-electron chi connectivity index (χ4n) is 2.05. The van der Waals surface area contributed by atoms with Gasteiger partial charge in [0, 0.05) is 6.54 Å². The number of amides is 1. The molecule has 26 heavy (non-hydrogen) atoms. The zero-order chi connectivity index (χ0) is 19.2. The Morgan fingerprint density at radius 3 is 2.54 bits per heavy atom. The molecule has 140 valence electrons. The van der Waals surface area contributed by atoms with Crippen LogP contribution in [0.2, 0.25) is 5.02 Å². The molecule has 0 saturated carbocycles. The molecule has 0 aliphatic carbocycles. The van der Waals surface area contributed by atoms with Crippen LogP contribution >= 0.6 is 11.6 Å². The predicted molar refractivity (Wildman–Crippen MR) is 96.5 cm³/mol. The number of ether oxygens (including phenoxy) is 1. The first kappa shape index (κ1) is 20.2. The topological polar surface area (TPSA) is 84.5 Å². The van der Waals surface area contributed by atoms with E-state index >= 15 is 0 Å². The van der Waals surface area contributed by atoms with Crippen molar-refractivity contribution in [3.63, 3.8) is 0 Å². The summed E-state index contributed by atoms with van der Waals surface area (Å²) in [5.41, 5.74) is 0.0717. The van der Waals surface area contributed by atoms with Crippen molar-refractivity contribution in [1.82, 2.24) is 10.0 Å². The Morgan fingerprint density at radius 2 is 1.88 bits per heavy atom. The second kappa shape index (κ2) is 8.98. The normalized spacial score (nSPS) is 11.2. The fourth-order valence-corrected chi connectivity index (χ4v) is 3.01. The van der Waals surface area contributed by atoms with Crippen LogP contribution in [-0.4, -0.2) is 34.5 Å². The second-order valence-corrected chi connectivity index (χ2v) is 7.55. The first-order valence-electron chi connectivity index (χ1n) is 7.73. The van der Waals surface area contributed by atoms with Gasteiger partial charge in [-0.15, -0.1) is 0 Å². The number of carbonyl (C=O) groups excluding carboxylic acids is 1. The van der Waals surface area contributed by atoms with Crippen LogP contribution in [0, 0.1) is 5.82 Å². The minimum Gasteiger partial charge on any atom is -0.494 e. The maximum Gasteiger partial charge on any atom is 0.252 e. The average molecular weight is 401 g/mol. The lowest BCUT2D eigenvalue weighted by Gasteiger charge is -2.10. The van der Waals surface area contributed by atoms with Gasteiger partial charge in [0.15, 0.2) is 0 Å². The molecule has 9 heteroatoms. The zero-order valence-corrected chi connectivity index (χ0v) is 15.5. The zero-order valence-electron chi connectivity index (χ0n) is 14.0. The van der Waals surface area contributed by atoms with E-state index in [9.17, 15) is 17.6 Å².